The Morgan fingerprint density at radius 2 is 1.78 bits per heavy atom. The summed E-state index contributed by atoms with van der Waals surface area (Å²) < 4.78 is 1.70. The van der Waals surface area contributed by atoms with Gasteiger partial charge in [0.15, 0.2) is 0 Å². The summed E-state index contributed by atoms with van der Waals surface area (Å²) in [5.74, 6) is -1.39. The van der Waals surface area contributed by atoms with E-state index in [9.17, 15) is 14.7 Å². The van der Waals surface area contributed by atoms with Crippen molar-refractivity contribution < 1.29 is 19.6 Å². The Balaban J connectivity index is 1.82. The average Bonchev–Trinajstić information content (AvgIpc) is 3.34. The van der Waals surface area contributed by atoms with Crippen LogP contribution < -0.4 is 10.0 Å². The molecule has 1 fully saturated rings. The first-order valence-electron chi connectivity index (χ1n) is 12.9. The minimum atomic E-state index is -0.710. The van der Waals surface area contributed by atoms with E-state index in [-0.39, 0.29) is 5.57 Å². The first-order chi connectivity index (χ1) is 17.3. The zero-order valence-electron chi connectivity index (χ0n) is 21.9. The van der Waals surface area contributed by atoms with Gasteiger partial charge in [0.1, 0.15) is 5.65 Å². The number of carbonyl (C=O) groups excluding carboxylic acids is 2. The third-order valence-electron chi connectivity index (χ3n) is 7.30. The lowest BCUT2D eigenvalue weighted by Crippen LogP contribution is -3.11. The standard InChI is InChI=1S/C29H36N4O3/c1-6-31(7-2)16-10-18-33-26(22-14-12-21(13-15-22)19(3)4)24(28(35)29(33)36)27(34)25-20(5)30-23-11-8-9-17-32(23)25/h8-9,11-15,17,19,26,34H,6-7,10,16,18H2,1-5H3/b27-24+. The summed E-state index contributed by atoms with van der Waals surface area (Å²) in [6.45, 7) is 13.6. The van der Waals surface area contributed by atoms with Crippen LogP contribution in [0.4, 0.5) is 0 Å². The second kappa shape index (κ2) is 10.7. The lowest BCUT2D eigenvalue weighted by molar-refractivity contribution is -0.896. The number of Topliss-reactive ketones (excluding diaryl/α,β-unsaturated/α-hetero) is 1. The lowest BCUT2D eigenvalue weighted by atomic mass is 9.93. The number of ketones is 1. The molecule has 1 atom stereocenters. The van der Waals surface area contributed by atoms with Crippen molar-refractivity contribution in [2.75, 3.05) is 26.2 Å². The van der Waals surface area contributed by atoms with Gasteiger partial charge in [-0.15, -0.1) is 0 Å². The molecule has 1 aliphatic rings. The normalized spacial score (nSPS) is 17.8. The number of aromatic nitrogens is 2. The number of nitrogens with one attached hydrogen (secondary N) is 1. The molecule has 0 saturated carbocycles. The molecule has 190 valence electrons. The van der Waals surface area contributed by atoms with E-state index < -0.39 is 23.5 Å². The first kappa shape index (κ1) is 25.6. The Morgan fingerprint density at radius 1 is 1.08 bits per heavy atom. The predicted molar refractivity (Wildman–Crippen MR) is 138 cm³/mol. The number of carbonyl (C=O) groups is 2. The molecule has 36 heavy (non-hydrogen) atoms. The van der Waals surface area contributed by atoms with Crippen LogP contribution in [0.3, 0.4) is 0 Å². The van der Waals surface area contributed by atoms with Gasteiger partial charge in [-0.3, -0.25) is 9.59 Å². The Labute approximate surface area is 213 Å². The van der Waals surface area contributed by atoms with Gasteiger partial charge in [0.2, 0.25) is 5.78 Å². The Hall–Kier alpha value is -3.45. The van der Waals surface area contributed by atoms with Crippen LogP contribution >= 0.6 is 0 Å². The highest BCUT2D eigenvalue weighted by Crippen LogP contribution is 2.39. The molecule has 0 bridgehead atoms. The molecule has 1 saturated heterocycles. The fourth-order valence-electron chi connectivity index (χ4n) is 5.13. The highest BCUT2D eigenvalue weighted by Gasteiger charge is 2.44. The third kappa shape index (κ3) is 4.67. The summed E-state index contributed by atoms with van der Waals surface area (Å²) in [5.41, 5.74) is 3.46. The molecule has 0 aliphatic carbocycles. The molecule has 1 aliphatic heterocycles. The van der Waals surface area contributed by atoms with Gasteiger partial charge in [0.25, 0.3) is 5.91 Å². The highest BCUT2D eigenvalue weighted by molar-refractivity contribution is 6.46. The molecular formula is C29H36N4O3. The molecule has 1 amide bonds. The van der Waals surface area contributed by atoms with Gasteiger partial charge >= 0.3 is 0 Å². The lowest BCUT2D eigenvalue weighted by Gasteiger charge is -2.28. The number of amides is 1. The van der Waals surface area contributed by atoms with Crippen molar-refractivity contribution in [2.45, 2.75) is 53.0 Å². The fourth-order valence-corrected chi connectivity index (χ4v) is 5.13. The largest absolute Gasteiger partial charge is 0.871 e. The Bertz CT molecular complexity index is 1290. The van der Waals surface area contributed by atoms with Crippen molar-refractivity contribution >= 4 is 23.1 Å². The number of imidazole rings is 1. The van der Waals surface area contributed by atoms with Crippen LogP contribution in [0.25, 0.3) is 11.4 Å². The number of fused-ring (bicyclic) bond motifs is 1. The van der Waals surface area contributed by atoms with Crippen LogP contribution in [-0.2, 0) is 9.59 Å². The topological polar surface area (TPSA) is 82.2 Å². The van der Waals surface area contributed by atoms with Crippen molar-refractivity contribution in [3.8, 4) is 0 Å². The van der Waals surface area contributed by atoms with Crippen LogP contribution in [0.15, 0.2) is 54.2 Å². The summed E-state index contributed by atoms with van der Waals surface area (Å²) in [4.78, 5) is 34.2. The minimum absolute atomic E-state index is 0.0150. The number of pyridine rings is 1. The fraction of sp³-hybridized carbons (Fsp3) is 0.414. The van der Waals surface area contributed by atoms with E-state index >= 15 is 0 Å². The number of benzene rings is 1. The molecule has 2 aromatic heterocycles. The van der Waals surface area contributed by atoms with Gasteiger partial charge in [-0.2, -0.15) is 0 Å². The average molecular weight is 489 g/mol. The van der Waals surface area contributed by atoms with Crippen molar-refractivity contribution in [1.29, 1.82) is 0 Å². The smallest absolute Gasteiger partial charge is 0.295 e. The summed E-state index contributed by atoms with van der Waals surface area (Å²) in [6, 6.07) is 12.7. The highest BCUT2D eigenvalue weighted by atomic mass is 16.3. The molecule has 1 N–H and O–H groups in total. The summed E-state index contributed by atoms with van der Waals surface area (Å²) in [6.07, 6.45) is 2.52. The molecule has 3 aromatic rings. The van der Waals surface area contributed by atoms with Crippen LogP contribution in [0.5, 0.6) is 0 Å². The van der Waals surface area contributed by atoms with Gasteiger partial charge in [-0.25, -0.2) is 4.98 Å². The second-order valence-electron chi connectivity index (χ2n) is 9.83. The van der Waals surface area contributed by atoms with Gasteiger partial charge in [0.05, 0.1) is 37.1 Å². The van der Waals surface area contributed by atoms with Crippen molar-refractivity contribution in [3.63, 3.8) is 0 Å². The van der Waals surface area contributed by atoms with Gasteiger partial charge in [-0.05, 0) is 49.9 Å². The number of aryl methyl sites for hydroxylation is 1. The molecule has 0 radical (unpaired) electrons. The Kier molecular flexibility index (Phi) is 7.59. The Morgan fingerprint density at radius 3 is 2.42 bits per heavy atom. The summed E-state index contributed by atoms with van der Waals surface area (Å²) >= 11 is 0. The van der Waals surface area contributed by atoms with Crippen LogP contribution in [0, 0.1) is 6.92 Å². The van der Waals surface area contributed by atoms with Gasteiger partial charge < -0.3 is 19.3 Å². The molecule has 7 nitrogen and oxygen atoms in total. The van der Waals surface area contributed by atoms with Crippen LogP contribution in [0.2, 0.25) is 0 Å². The number of likely N-dealkylation sites (tertiary alicyclic amines) is 1. The molecule has 7 heteroatoms. The number of quaternary nitrogens is 1. The zero-order chi connectivity index (χ0) is 26.0. The molecule has 3 heterocycles. The number of nitrogens with zero attached hydrogens (tertiary/aromatic N) is 3. The molecule has 4 rings (SSSR count). The van der Waals surface area contributed by atoms with Crippen molar-refractivity contribution in [1.82, 2.24) is 14.3 Å². The first-order valence-corrected chi connectivity index (χ1v) is 12.9. The number of rotatable bonds is 9. The SMILES string of the molecule is CC[NH+](CC)CCCN1C(=O)C(=O)/C(=C(/[O-])c2c(C)nc3ccccn23)C1c1ccc(C(C)C)cc1. The number of hydrogen-bond donors (Lipinski definition) is 1. The maximum Gasteiger partial charge on any atom is 0.295 e. The predicted octanol–water partition coefficient (Wildman–Crippen LogP) is 2.30. The molecule has 1 aromatic carbocycles. The van der Waals surface area contributed by atoms with E-state index in [4.69, 9.17) is 0 Å². The van der Waals surface area contributed by atoms with E-state index in [0.29, 0.717) is 29.5 Å². The molecular weight excluding hydrogens is 452 g/mol. The summed E-state index contributed by atoms with van der Waals surface area (Å²) in [7, 11) is 0. The number of hydrogen-bond acceptors (Lipinski definition) is 4. The molecule has 1 unspecified atom stereocenters. The van der Waals surface area contributed by atoms with E-state index in [2.05, 4.69) is 32.7 Å². The van der Waals surface area contributed by atoms with Crippen LogP contribution in [-0.4, -0.2) is 52.2 Å². The van der Waals surface area contributed by atoms with Crippen LogP contribution in [0.1, 0.15) is 68.6 Å². The van der Waals surface area contributed by atoms with Crippen molar-refractivity contribution in [2.24, 2.45) is 0 Å². The minimum Gasteiger partial charge on any atom is -0.871 e. The van der Waals surface area contributed by atoms with E-state index in [1.165, 1.54) is 4.90 Å². The van der Waals surface area contributed by atoms with E-state index in [0.717, 1.165) is 37.2 Å². The van der Waals surface area contributed by atoms with Gasteiger partial charge in [-0.1, -0.05) is 49.9 Å². The van der Waals surface area contributed by atoms with E-state index in [1.54, 1.807) is 22.4 Å². The maximum atomic E-state index is 14.0. The van der Waals surface area contributed by atoms with Gasteiger partial charge in [0, 0.05) is 24.7 Å². The third-order valence-corrected chi connectivity index (χ3v) is 7.30. The second-order valence-corrected chi connectivity index (χ2v) is 9.83. The quantitative estimate of drug-likeness (QED) is 0.285. The van der Waals surface area contributed by atoms with Crippen molar-refractivity contribution in [3.05, 3.63) is 76.7 Å². The van der Waals surface area contributed by atoms with E-state index in [1.807, 2.05) is 42.5 Å². The summed E-state index contributed by atoms with van der Waals surface area (Å²) in [5, 5.41) is 14.0. The molecule has 0 spiro atoms. The zero-order valence-corrected chi connectivity index (χ0v) is 21.9. The maximum absolute atomic E-state index is 14.0. The monoisotopic (exact) mass is 488 g/mol.